The number of rotatable bonds is 10. The number of nitrogens with one attached hydrogen (secondary N) is 3. The highest BCUT2D eigenvalue weighted by Crippen LogP contribution is 2.32. The molecule has 0 aliphatic carbocycles. The molecule has 232 valence electrons. The Morgan fingerprint density at radius 2 is 1.91 bits per heavy atom. The molecule has 2 fully saturated rings. The van der Waals surface area contributed by atoms with Gasteiger partial charge in [-0.3, -0.25) is 9.20 Å². The molecule has 3 N–H and O–H groups in total. The smallest absolute Gasteiger partial charge is 0.251 e. The number of halogens is 2. The molecule has 44 heavy (non-hydrogen) atoms. The zero-order valence-electron chi connectivity index (χ0n) is 25.5. The van der Waals surface area contributed by atoms with Crippen LogP contribution >= 0.6 is 0 Å². The van der Waals surface area contributed by atoms with Crippen LogP contribution in [-0.4, -0.2) is 78.2 Å². The summed E-state index contributed by atoms with van der Waals surface area (Å²) in [5, 5.41) is 9.86. The molecular weight excluding hydrogens is 564 g/mol. The van der Waals surface area contributed by atoms with Gasteiger partial charge in [-0.2, -0.15) is 4.39 Å². The number of nitrogens with zero attached hydrogens (tertiary/aromatic N) is 4. The van der Waals surface area contributed by atoms with Crippen LogP contribution in [0.25, 0.3) is 16.9 Å². The fraction of sp³-hybridized carbons (Fsp3) is 0.424. The molecular formula is C33H40F2N7O2+. The fourth-order valence-corrected chi connectivity index (χ4v) is 6.48. The van der Waals surface area contributed by atoms with Gasteiger partial charge in [-0.25, -0.2) is 14.4 Å². The zero-order valence-corrected chi connectivity index (χ0v) is 25.5. The van der Waals surface area contributed by atoms with E-state index in [9.17, 15) is 13.6 Å². The third-order valence-corrected chi connectivity index (χ3v) is 9.23. The minimum atomic E-state index is -1.05. The van der Waals surface area contributed by atoms with E-state index >= 15 is 0 Å². The van der Waals surface area contributed by atoms with Gasteiger partial charge in [0.05, 0.1) is 45.7 Å². The number of anilines is 2. The van der Waals surface area contributed by atoms with Crippen LogP contribution in [0.4, 0.5) is 20.3 Å². The number of hydrogen-bond acceptors (Lipinski definition) is 6. The molecule has 0 saturated carbocycles. The Hall–Kier alpha value is -4.09. The molecule has 1 amide bonds. The number of aryl methyl sites for hydroxylation is 1. The maximum Gasteiger partial charge on any atom is 0.251 e. The second-order valence-corrected chi connectivity index (χ2v) is 12.3. The lowest BCUT2D eigenvalue weighted by Crippen LogP contribution is -2.58. The number of likely N-dealkylation sites (tertiary alicyclic amines) is 1. The summed E-state index contributed by atoms with van der Waals surface area (Å²) in [6.45, 7) is 8.59. The molecule has 0 unspecified atom stereocenters. The highest BCUT2D eigenvalue weighted by molar-refractivity contribution is 5.96. The Kier molecular flexibility index (Phi) is 8.50. The number of piperidine rings is 1. The van der Waals surface area contributed by atoms with Gasteiger partial charge in [-0.1, -0.05) is 6.92 Å². The molecule has 0 atom stereocenters. The summed E-state index contributed by atoms with van der Waals surface area (Å²) < 4.78 is 37.0. The number of benzene rings is 2. The molecule has 0 radical (unpaired) electrons. The first-order valence-electron chi connectivity index (χ1n) is 15.4. The second-order valence-electron chi connectivity index (χ2n) is 12.3. The van der Waals surface area contributed by atoms with Crippen molar-refractivity contribution in [1.29, 1.82) is 0 Å². The van der Waals surface area contributed by atoms with Crippen molar-refractivity contribution in [2.24, 2.45) is 11.8 Å². The molecule has 2 aliphatic rings. The summed E-state index contributed by atoms with van der Waals surface area (Å²) in [5.74, 6) is -0.529. The summed E-state index contributed by atoms with van der Waals surface area (Å²) in [5.41, 5.74) is 3.22. The van der Waals surface area contributed by atoms with Gasteiger partial charge < -0.3 is 25.2 Å². The maximum atomic E-state index is 14.9. The molecule has 0 bridgehead atoms. The number of imidazole rings is 1. The summed E-state index contributed by atoms with van der Waals surface area (Å²) in [4.78, 5) is 22.1. The van der Waals surface area contributed by atoms with E-state index < -0.39 is 11.6 Å². The van der Waals surface area contributed by atoms with Crippen molar-refractivity contribution in [3.8, 4) is 17.0 Å². The number of hydrogen-bond donors (Lipinski definition) is 3. The van der Waals surface area contributed by atoms with Crippen molar-refractivity contribution < 1.29 is 22.8 Å². The minimum absolute atomic E-state index is 0.0522. The Balaban J connectivity index is 1.12. The molecule has 0 spiro atoms. The number of methoxy groups -OCH3 is 1. The van der Waals surface area contributed by atoms with E-state index in [1.165, 1.54) is 45.1 Å². The number of fused-ring (bicyclic) bond motifs is 1. The predicted molar refractivity (Wildman–Crippen MR) is 166 cm³/mol. The zero-order chi connectivity index (χ0) is 30.8. The van der Waals surface area contributed by atoms with E-state index in [4.69, 9.17) is 4.74 Å². The molecule has 4 aromatic rings. The summed E-state index contributed by atoms with van der Waals surface area (Å²) in [6, 6.07) is 8.48. The topological polar surface area (TPSA) is 92.6 Å². The van der Waals surface area contributed by atoms with Crippen LogP contribution in [-0.2, 0) is 6.42 Å². The largest absolute Gasteiger partial charge is 0.494 e. The van der Waals surface area contributed by atoms with Crippen LogP contribution in [0.2, 0.25) is 0 Å². The van der Waals surface area contributed by atoms with Crippen molar-refractivity contribution >= 4 is 23.1 Å². The normalized spacial score (nSPS) is 20.3. The monoisotopic (exact) mass is 604 g/mol. The predicted octanol–water partition coefficient (Wildman–Crippen LogP) is 4.79. The lowest BCUT2D eigenvalue weighted by Gasteiger charge is -2.44. The molecule has 2 aliphatic heterocycles. The van der Waals surface area contributed by atoms with E-state index in [2.05, 4.69) is 33.0 Å². The lowest BCUT2D eigenvalue weighted by molar-refractivity contribution is -0.918. The Morgan fingerprint density at radius 1 is 1.11 bits per heavy atom. The van der Waals surface area contributed by atoms with Crippen molar-refractivity contribution in [3.05, 3.63) is 71.7 Å². The average Bonchev–Trinajstić information content (AvgIpc) is 3.45. The summed E-state index contributed by atoms with van der Waals surface area (Å²) in [6.07, 6.45) is 7.64. The first-order valence-corrected chi connectivity index (χ1v) is 15.4. The van der Waals surface area contributed by atoms with Crippen molar-refractivity contribution in [2.45, 2.75) is 26.2 Å². The molecule has 11 heteroatoms. The minimum Gasteiger partial charge on any atom is -0.494 e. The van der Waals surface area contributed by atoms with Crippen molar-refractivity contribution in [2.75, 3.05) is 58.7 Å². The number of amides is 1. The molecule has 2 aromatic heterocycles. The first-order chi connectivity index (χ1) is 21.3. The number of carbonyl (C=O) groups excluding carboxylic acids is 1. The Morgan fingerprint density at radius 3 is 2.61 bits per heavy atom. The number of aromatic nitrogens is 3. The van der Waals surface area contributed by atoms with Crippen molar-refractivity contribution in [3.63, 3.8) is 0 Å². The second kappa shape index (κ2) is 12.5. The van der Waals surface area contributed by atoms with Gasteiger partial charge >= 0.3 is 0 Å². The van der Waals surface area contributed by atoms with E-state index in [1.54, 1.807) is 16.8 Å². The van der Waals surface area contributed by atoms with Crippen LogP contribution in [0.5, 0.6) is 5.75 Å². The molecule has 9 nitrogen and oxygen atoms in total. The number of quaternary nitrogens is 1. The van der Waals surface area contributed by atoms with Crippen LogP contribution in [0, 0.1) is 23.5 Å². The number of carbonyl (C=O) groups is 1. The van der Waals surface area contributed by atoms with Crippen LogP contribution in [0.1, 0.15) is 35.7 Å². The first kappa shape index (κ1) is 30.0. The van der Waals surface area contributed by atoms with E-state index in [-0.39, 0.29) is 17.2 Å². The van der Waals surface area contributed by atoms with Gasteiger partial charge in [-0.15, -0.1) is 0 Å². The van der Waals surface area contributed by atoms with Gasteiger partial charge in [-0.05, 0) is 48.2 Å². The molecule has 2 aromatic carbocycles. The Bertz CT molecular complexity index is 1660. The Labute approximate surface area is 256 Å². The molecule has 6 rings (SSSR count). The third-order valence-electron chi connectivity index (χ3n) is 9.23. The maximum absolute atomic E-state index is 14.9. The van der Waals surface area contributed by atoms with Gasteiger partial charge in [0.25, 0.3) is 5.91 Å². The fourth-order valence-electron chi connectivity index (χ4n) is 6.48. The van der Waals surface area contributed by atoms with Gasteiger partial charge in [0.15, 0.2) is 23.0 Å². The van der Waals surface area contributed by atoms with Gasteiger partial charge in [0.2, 0.25) is 5.82 Å². The van der Waals surface area contributed by atoms with Gasteiger partial charge in [0, 0.05) is 67.6 Å². The average molecular weight is 605 g/mol. The van der Waals surface area contributed by atoms with Crippen LogP contribution in [0.3, 0.4) is 0 Å². The van der Waals surface area contributed by atoms with Gasteiger partial charge in [0.1, 0.15) is 0 Å². The standard InChI is InChI=1S/C33H39F2N7O2/c1-4-23-15-24(5-6-25(23)33(43)39-18-21-9-13-42(2,14-10-21)20-22-16-36-17-22)40-31-32-38-19-27(41(32)12-11-37-31)26-7-8-28(44-3)30(35)29(26)34/h5-8,11-12,15,19,21-22,36H,4,9-10,13-14,16-18,20H2,1-3H3,(H-,37,39,40,43)/p+1. The summed E-state index contributed by atoms with van der Waals surface area (Å²) in [7, 11) is 3.66. The van der Waals surface area contributed by atoms with E-state index in [0.29, 0.717) is 41.6 Å². The lowest BCUT2D eigenvalue weighted by atomic mass is 9.92. The van der Waals surface area contributed by atoms with Crippen LogP contribution in [0.15, 0.2) is 48.9 Å². The number of ether oxygens (including phenoxy) is 1. The molecule has 4 heterocycles. The molecule has 2 saturated heterocycles. The quantitative estimate of drug-likeness (QED) is 0.226. The van der Waals surface area contributed by atoms with Crippen molar-refractivity contribution in [1.82, 2.24) is 25.0 Å². The van der Waals surface area contributed by atoms with E-state index in [1.807, 2.05) is 25.1 Å². The highest BCUT2D eigenvalue weighted by Gasteiger charge is 2.34. The highest BCUT2D eigenvalue weighted by atomic mass is 19.2. The third kappa shape index (κ3) is 5.98. The van der Waals surface area contributed by atoms with E-state index in [0.717, 1.165) is 47.6 Å². The SMILES string of the molecule is CCc1cc(Nc2nccn3c(-c4ccc(OC)c(F)c4F)cnc23)ccc1C(=O)NCC1CC[N+](C)(CC2CNC2)CC1. The summed E-state index contributed by atoms with van der Waals surface area (Å²) >= 11 is 0. The van der Waals surface area contributed by atoms with Crippen LogP contribution < -0.4 is 20.7 Å².